The summed E-state index contributed by atoms with van der Waals surface area (Å²) in [5.74, 6) is 1.35. The van der Waals surface area contributed by atoms with E-state index in [1.54, 1.807) is 11.8 Å². The molecule has 1 aliphatic rings. The van der Waals surface area contributed by atoms with Gasteiger partial charge in [-0.25, -0.2) is 9.97 Å². The Labute approximate surface area is 139 Å². The predicted octanol–water partition coefficient (Wildman–Crippen LogP) is 3.01. The first-order valence-corrected chi connectivity index (χ1v) is 9.23. The number of H-pyrrole nitrogens is 1. The molecule has 3 rings (SSSR count). The van der Waals surface area contributed by atoms with Gasteiger partial charge in [0.25, 0.3) is 5.56 Å². The molecule has 124 valence electrons. The van der Waals surface area contributed by atoms with Crippen molar-refractivity contribution in [3.8, 4) is 0 Å². The molecule has 1 N–H and O–H groups in total. The molecule has 2 aromatic rings. The topological polar surface area (TPSA) is 80.6 Å². The number of hydrogen-bond donors (Lipinski definition) is 1. The molecule has 2 aromatic heterocycles. The van der Waals surface area contributed by atoms with Gasteiger partial charge in [-0.1, -0.05) is 37.9 Å². The summed E-state index contributed by atoms with van der Waals surface area (Å²) in [4.78, 5) is 35.2. The molecule has 1 saturated carbocycles. The van der Waals surface area contributed by atoms with Crippen molar-refractivity contribution in [1.82, 2.24) is 19.5 Å². The van der Waals surface area contributed by atoms with Crippen LogP contribution in [0.3, 0.4) is 0 Å². The predicted molar refractivity (Wildman–Crippen MR) is 91.1 cm³/mol. The molecular formula is C16H22N4O2S. The summed E-state index contributed by atoms with van der Waals surface area (Å²) in [6.07, 6.45) is 6.25. The molecule has 0 aromatic carbocycles. The highest BCUT2D eigenvalue weighted by Crippen LogP contribution is 2.29. The molecule has 0 aliphatic heterocycles. The first-order valence-electron chi connectivity index (χ1n) is 8.24. The minimum atomic E-state index is -0.333. The Morgan fingerprint density at radius 1 is 1.30 bits per heavy atom. The van der Waals surface area contributed by atoms with Crippen molar-refractivity contribution in [2.75, 3.05) is 5.75 Å². The van der Waals surface area contributed by atoms with Crippen LogP contribution in [0.25, 0.3) is 11.2 Å². The van der Waals surface area contributed by atoms with Crippen LogP contribution in [0.1, 0.15) is 56.6 Å². The van der Waals surface area contributed by atoms with E-state index in [2.05, 4.69) is 21.9 Å². The second kappa shape index (κ2) is 6.86. The molecule has 0 bridgehead atoms. The van der Waals surface area contributed by atoms with E-state index < -0.39 is 0 Å². The molecule has 1 aliphatic carbocycles. The van der Waals surface area contributed by atoms with Gasteiger partial charge in [0.2, 0.25) is 0 Å². The first-order chi connectivity index (χ1) is 11.1. The number of rotatable bonds is 5. The van der Waals surface area contributed by atoms with Gasteiger partial charge in [-0.2, -0.15) is 0 Å². The molecular weight excluding hydrogens is 312 g/mol. The van der Waals surface area contributed by atoms with Crippen LogP contribution in [0.15, 0.2) is 9.95 Å². The van der Waals surface area contributed by atoms with Crippen molar-refractivity contribution in [2.45, 2.75) is 57.7 Å². The Balaban J connectivity index is 2.09. The fourth-order valence-electron chi connectivity index (χ4n) is 3.19. The number of aromatic amines is 1. The van der Waals surface area contributed by atoms with Crippen molar-refractivity contribution < 1.29 is 4.79 Å². The van der Waals surface area contributed by atoms with E-state index in [0.29, 0.717) is 17.1 Å². The molecule has 23 heavy (non-hydrogen) atoms. The third-order valence-corrected chi connectivity index (χ3v) is 5.20. The Morgan fingerprint density at radius 2 is 2.04 bits per heavy atom. The zero-order valence-corrected chi connectivity index (χ0v) is 14.4. The van der Waals surface area contributed by atoms with Crippen LogP contribution in [-0.2, 0) is 6.54 Å². The summed E-state index contributed by atoms with van der Waals surface area (Å²) in [5.41, 5.74) is 0.544. The first kappa shape index (κ1) is 16.2. The lowest BCUT2D eigenvalue weighted by Crippen LogP contribution is -2.18. The summed E-state index contributed by atoms with van der Waals surface area (Å²) < 4.78 is 2.04. The van der Waals surface area contributed by atoms with Crippen LogP contribution >= 0.6 is 11.8 Å². The zero-order chi connectivity index (χ0) is 16.4. The maximum absolute atomic E-state index is 12.2. The van der Waals surface area contributed by atoms with E-state index in [4.69, 9.17) is 0 Å². The molecule has 0 amide bonds. The van der Waals surface area contributed by atoms with E-state index >= 15 is 0 Å². The Hall–Kier alpha value is -1.63. The summed E-state index contributed by atoms with van der Waals surface area (Å²) in [5, 5.41) is 0.826. The Kier molecular flexibility index (Phi) is 4.84. The number of nitrogens with one attached hydrogen (secondary N) is 1. The van der Waals surface area contributed by atoms with Crippen molar-refractivity contribution in [3.05, 3.63) is 16.2 Å². The molecule has 0 atom stereocenters. The lowest BCUT2D eigenvalue weighted by Gasteiger charge is -2.22. The van der Waals surface area contributed by atoms with Crippen LogP contribution in [0, 0.1) is 5.92 Å². The Morgan fingerprint density at radius 3 is 2.70 bits per heavy atom. The quantitative estimate of drug-likeness (QED) is 0.671. The molecule has 0 unspecified atom stereocenters. The number of thioether (sulfide) groups is 1. The minimum absolute atomic E-state index is 0.111. The van der Waals surface area contributed by atoms with Gasteiger partial charge in [0.1, 0.15) is 0 Å². The van der Waals surface area contributed by atoms with Gasteiger partial charge in [-0.3, -0.25) is 9.59 Å². The average Bonchev–Trinajstić information content (AvgIpc) is 2.87. The normalized spacial score (nSPS) is 16.1. The number of ketones is 1. The van der Waals surface area contributed by atoms with Gasteiger partial charge in [-0.05, 0) is 24.5 Å². The number of carbonyl (C=O) groups is 1. The molecule has 6 nitrogen and oxygen atoms in total. The highest BCUT2D eigenvalue weighted by molar-refractivity contribution is 7.99. The smallest absolute Gasteiger partial charge is 0.279 e. The van der Waals surface area contributed by atoms with E-state index in [1.165, 1.54) is 39.0 Å². The zero-order valence-electron chi connectivity index (χ0n) is 13.6. The molecule has 1 fully saturated rings. The molecule has 7 heteroatoms. The maximum atomic E-state index is 12.2. The average molecular weight is 334 g/mol. The number of hydrogen-bond acceptors (Lipinski definition) is 5. The van der Waals surface area contributed by atoms with Gasteiger partial charge in [0.15, 0.2) is 27.9 Å². The summed E-state index contributed by atoms with van der Waals surface area (Å²) in [6.45, 7) is 4.30. The second-order valence-corrected chi connectivity index (χ2v) is 7.32. The third-order valence-electron chi connectivity index (χ3n) is 4.34. The van der Waals surface area contributed by atoms with Gasteiger partial charge < -0.3 is 9.55 Å². The van der Waals surface area contributed by atoms with Crippen LogP contribution in [0.5, 0.6) is 0 Å². The summed E-state index contributed by atoms with van der Waals surface area (Å²) in [7, 11) is 0. The van der Waals surface area contributed by atoms with Gasteiger partial charge in [0.05, 0.1) is 0 Å². The van der Waals surface area contributed by atoms with Crippen LogP contribution < -0.4 is 5.56 Å². The number of aromatic nitrogens is 4. The minimum Gasteiger partial charge on any atom is -0.303 e. The molecule has 0 radical (unpaired) electrons. The van der Waals surface area contributed by atoms with E-state index in [1.807, 2.05) is 4.57 Å². The van der Waals surface area contributed by atoms with E-state index in [0.717, 1.165) is 17.5 Å². The lowest BCUT2D eigenvalue weighted by molar-refractivity contribution is 0.100. The molecule has 0 spiro atoms. The second-order valence-electron chi connectivity index (χ2n) is 6.08. The van der Waals surface area contributed by atoms with Crippen LogP contribution in [-0.4, -0.2) is 31.1 Å². The van der Waals surface area contributed by atoms with Gasteiger partial charge in [0, 0.05) is 13.5 Å². The summed E-state index contributed by atoms with van der Waals surface area (Å²) >= 11 is 1.61. The third kappa shape index (κ3) is 3.34. The number of nitrogens with zero attached hydrogens (tertiary/aromatic N) is 3. The highest BCUT2D eigenvalue weighted by Gasteiger charge is 2.21. The SMILES string of the molecule is CCSc1nc2c(=O)[nH]c(C(C)=O)nc2n1CC1CCCCC1. The van der Waals surface area contributed by atoms with Crippen LogP contribution in [0.2, 0.25) is 0 Å². The van der Waals surface area contributed by atoms with E-state index in [9.17, 15) is 9.59 Å². The summed E-state index contributed by atoms with van der Waals surface area (Å²) in [6, 6.07) is 0. The highest BCUT2D eigenvalue weighted by atomic mass is 32.2. The van der Waals surface area contributed by atoms with Gasteiger partial charge >= 0.3 is 0 Å². The standard InChI is InChI=1S/C16H22N4O2S/c1-3-23-16-17-12-14(18-13(10(2)21)19-15(12)22)20(16)9-11-7-5-4-6-8-11/h11H,3-9H2,1-2H3,(H,18,19,22). The number of imidazole rings is 1. The van der Waals surface area contributed by atoms with Crippen molar-refractivity contribution in [2.24, 2.45) is 5.92 Å². The van der Waals surface area contributed by atoms with Crippen molar-refractivity contribution in [3.63, 3.8) is 0 Å². The number of carbonyl (C=O) groups excluding carboxylic acids is 1. The largest absolute Gasteiger partial charge is 0.303 e. The number of fused-ring (bicyclic) bond motifs is 1. The monoisotopic (exact) mass is 334 g/mol. The fraction of sp³-hybridized carbons (Fsp3) is 0.625. The van der Waals surface area contributed by atoms with Crippen molar-refractivity contribution >= 4 is 28.7 Å². The van der Waals surface area contributed by atoms with Gasteiger partial charge in [-0.15, -0.1) is 0 Å². The van der Waals surface area contributed by atoms with Crippen LogP contribution in [0.4, 0.5) is 0 Å². The molecule has 2 heterocycles. The molecule has 0 saturated heterocycles. The van der Waals surface area contributed by atoms with Crippen molar-refractivity contribution in [1.29, 1.82) is 0 Å². The maximum Gasteiger partial charge on any atom is 0.279 e. The van der Waals surface area contributed by atoms with E-state index in [-0.39, 0.29) is 17.2 Å². The lowest BCUT2D eigenvalue weighted by atomic mass is 9.89. The fourth-order valence-corrected chi connectivity index (χ4v) is 3.92. The Bertz CT molecular complexity index is 774. The number of Topliss-reactive ketones (excluding diaryl/α,β-unsaturated/α-hetero) is 1.